The molecule has 0 aliphatic carbocycles. The Labute approximate surface area is 143 Å². The molecule has 0 saturated carbocycles. The van der Waals surface area contributed by atoms with E-state index in [-0.39, 0.29) is 18.6 Å². The molecule has 0 aromatic heterocycles. The first-order valence-electron chi connectivity index (χ1n) is 8.64. The van der Waals surface area contributed by atoms with Gasteiger partial charge in [-0.15, -0.1) is 0 Å². The van der Waals surface area contributed by atoms with Gasteiger partial charge in [-0.1, -0.05) is 30.3 Å². The van der Waals surface area contributed by atoms with Crippen molar-refractivity contribution in [2.45, 2.75) is 25.9 Å². The normalized spacial score (nSPS) is 21.3. The molecule has 0 radical (unpaired) electrons. The van der Waals surface area contributed by atoms with E-state index in [0.717, 1.165) is 57.0 Å². The highest BCUT2D eigenvalue weighted by Gasteiger charge is 2.26. The summed E-state index contributed by atoms with van der Waals surface area (Å²) in [5.41, 5.74) is 1.15. The number of benzene rings is 1. The highest BCUT2D eigenvalue weighted by Crippen LogP contribution is 2.15. The molecule has 2 aliphatic heterocycles. The van der Waals surface area contributed by atoms with Crippen LogP contribution in [-0.2, 0) is 9.63 Å². The van der Waals surface area contributed by atoms with E-state index in [0.29, 0.717) is 0 Å². The third kappa shape index (κ3) is 4.47. The van der Waals surface area contributed by atoms with Crippen LogP contribution in [0.4, 0.5) is 0 Å². The molecule has 1 saturated heterocycles. The Kier molecular flexibility index (Phi) is 5.69. The van der Waals surface area contributed by atoms with Crippen molar-refractivity contribution in [1.29, 1.82) is 0 Å². The van der Waals surface area contributed by atoms with Crippen molar-refractivity contribution in [3.8, 4) is 5.75 Å². The Morgan fingerprint density at radius 3 is 2.67 bits per heavy atom. The number of oxime groups is 1. The monoisotopic (exact) mass is 331 g/mol. The van der Waals surface area contributed by atoms with Crippen LogP contribution in [0.5, 0.6) is 5.75 Å². The minimum atomic E-state index is 0.0484. The summed E-state index contributed by atoms with van der Waals surface area (Å²) in [5, 5.41) is 4.11. The number of rotatable bonds is 6. The molecule has 3 rings (SSSR count). The van der Waals surface area contributed by atoms with Gasteiger partial charge in [0.1, 0.15) is 11.9 Å². The van der Waals surface area contributed by atoms with E-state index in [4.69, 9.17) is 9.57 Å². The zero-order valence-corrected chi connectivity index (χ0v) is 14.2. The van der Waals surface area contributed by atoms with Gasteiger partial charge in [0.15, 0.2) is 6.61 Å². The topological polar surface area (TPSA) is 54.4 Å². The smallest absolute Gasteiger partial charge is 0.260 e. The first kappa shape index (κ1) is 16.8. The van der Waals surface area contributed by atoms with Crippen molar-refractivity contribution in [3.63, 3.8) is 0 Å². The molecule has 0 bridgehead atoms. The van der Waals surface area contributed by atoms with E-state index >= 15 is 0 Å². The number of para-hydroxylation sites is 1. The number of hydrogen-bond donors (Lipinski definition) is 0. The van der Waals surface area contributed by atoms with Crippen molar-refractivity contribution in [3.05, 3.63) is 30.3 Å². The Balaban J connectivity index is 1.36. The van der Waals surface area contributed by atoms with Gasteiger partial charge in [-0.2, -0.15) is 0 Å². The maximum atomic E-state index is 12.2. The van der Waals surface area contributed by atoms with Gasteiger partial charge in [0.05, 0.1) is 5.71 Å². The third-order valence-electron chi connectivity index (χ3n) is 4.49. The number of carbonyl (C=O) groups is 1. The van der Waals surface area contributed by atoms with Crippen molar-refractivity contribution in [2.24, 2.45) is 5.16 Å². The second-order valence-electron chi connectivity index (χ2n) is 6.23. The fourth-order valence-corrected chi connectivity index (χ4v) is 3.01. The van der Waals surface area contributed by atoms with Crippen LogP contribution in [0.25, 0.3) is 0 Å². The number of nitrogens with zero attached hydrogens (tertiary/aromatic N) is 3. The predicted molar refractivity (Wildman–Crippen MR) is 92.2 cm³/mol. The molecule has 1 atom stereocenters. The molecule has 1 aromatic rings. The van der Waals surface area contributed by atoms with Crippen LogP contribution in [0, 0.1) is 0 Å². The van der Waals surface area contributed by atoms with E-state index < -0.39 is 0 Å². The molecule has 2 heterocycles. The number of amides is 1. The highest BCUT2D eigenvalue weighted by molar-refractivity contribution is 5.85. The molecule has 24 heavy (non-hydrogen) atoms. The van der Waals surface area contributed by atoms with Gasteiger partial charge < -0.3 is 14.5 Å². The summed E-state index contributed by atoms with van der Waals surface area (Å²) < 4.78 is 5.54. The fraction of sp³-hybridized carbons (Fsp3) is 0.556. The van der Waals surface area contributed by atoms with Gasteiger partial charge in [-0.25, -0.2) is 0 Å². The summed E-state index contributed by atoms with van der Waals surface area (Å²) in [5.74, 6) is 0.779. The van der Waals surface area contributed by atoms with E-state index in [1.165, 1.54) is 0 Å². The van der Waals surface area contributed by atoms with E-state index in [2.05, 4.69) is 17.0 Å². The zero-order chi connectivity index (χ0) is 16.8. The summed E-state index contributed by atoms with van der Waals surface area (Å²) in [6, 6.07) is 9.45. The van der Waals surface area contributed by atoms with Crippen LogP contribution in [0.3, 0.4) is 0 Å². The second kappa shape index (κ2) is 8.15. The van der Waals surface area contributed by atoms with Crippen LogP contribution < -0.4 is 4.74 Å². The molecule has 0 spiro atoms. The Morgan fingerprint density at radius 2 is 2.00 bits per heavy atom. The quantitative estimate of drug-likeness (QED) is 0.797. The van der Waals surface area contributed by atoms with Gasteiger partial charge in [0, 0.05) is 39.1 Å². The van der Waals surface area contributed by atoms with Crippen LogP contribution in [0.1, 0.15) is 19.8 Å². The Hall–Kier alpha value is -2.08. The third-order valence-corrected chi connectivity index (χ3v) is 4.49. The SMILES string of the molecule is CCC1=NO[C@@H](CN2CCN(C(=O)COc3ccccc3)CC2)C1. The number of carbonyl (C=O) groups excluding carboxylic acids is 1. The van der Waals surface area contributed by atoms with Crippen molar-refractivity contribution in [1.82, 2.24) is 9.80 Å². The van der Waals surface area contributed by atoms with Gasteiger partial charge >= 0.3 is 0 Å². The molecular formula is C18H25N3O3. The van der Waals surface area contributed by atoms with Gasteiger partial charge in [0.25, 0.3) is 5.91 Å². The van der Waals surface area contributed by atoms with Crippen molar-refractivity contribution < 1.29 is 14.4 Å². The fourth-order valence-electron chi connectivity index (χ4n) is 3.01. The largest absolute Gasteiger partial charge is 0.484 e. The first-order valence-corrected chi connectivity index (χ1v) is 8.64. The maximum Gasteiger partial charge on any atom is 0.260 e. The van der Waals surface area contributed by atoms with Crippen molar-refractivity contribution in [2.75, 3.05) is 39.3 Å². The number of ether oxygens (including phenoxy) is 1. The van der Waals surface area contributed by atoms with Crippen LogP contribution in [0.2, 0.25) is 0 Å². The van der Waals surface area contributed by atoms with Gasteiger partial charge in [-0.05, 0) is 18.6 Å². The summed E-state index contributed by atoms with van der Waals surface area (Å²) >= 11 is 0. The predicted octanol–water partition coefficient (Wildman–Crippen LogP) is 1.76. The maximum absolute atomic E-state index is 12.2. The lowest BCUT2D eigenvalue weighted by atomic mass is 10.1. The highest BCUT2D eigenvalue weighted by atomic mass is 16.6. The number of hydrogen-bond acceptors (Lipinski definition) is 5. The molecule has 130 valence electrons. The standard InChI is InChI=1S/C18H25N3O3/c1-2-15-12-17(24-19-15)13-20-8-10-21(11-9-20)18(22)14-23-16-6-4-3-5-7-16/h3-7,17H,2,8-14H2,1H3/t17-/m1/s1. The average Bonchev–Trinajstić information content (AvgIpc) is 3.09. The minimum Gasteiger partial charge on any atom is -0.484 e. The molecule has 1 fully saturated rings. The summed E-state index contributed by atoms with van der Waals surface area (Å²) in [6.45, 7) is 6.32. The lowest BCUT2D eigenvalue weighted by Gasteiger charge is -2.35. The lowest BCUT2D eigenvalue weighted by Crippen LogP contribution is -2.51. The molecule has 0 N–H and O–H groups in total. The molecule has 2 aliphatic rings. The molecular weight excluding hydrogens is 306 g/mol. The molecule has 1 amide bonds. The Bertz CT molecular complexity index is 568. The zero-order valence-electron chi connectivity index (χ0n) is 14.2. The van der Waals surface area contributed by atoms with Crippen LogP contribution in [0.15, 0.2) is 35.5 Å². The Morgan fingerprint density at radius 1 is 1.25 bits per heavy atom. The summed E-state index contributed by atoms with van der Waals surface area (Å²) in [4.78, 5) is 21.9. The summed E-state index contributed by atoms with van der Waals surface area (Å²) in [7, 11) is 0. The minimum absolute atomic E-state index is 0.0484. The molecule has 0 unspecified atom stereocenters. The lowest BCUT2D eigenvalue weighted by molar-refractivity contribution is -0.135. The van der Waals surface area contributed by atoms with Crippen LogP contribution in [-0.4, -0.2) is 66.9 Å². The van der Waals surface area contributed by atoms with Crippen LogP contribution >= 0.6 is 0 Å². The van der Waals surface area contributed by atoms with Gasteiger partial charge in [0.2, 0.25) is 0 Å². The van der Waals surface area contributed by atoms with E-state index in [1.54, 1.807) is 0 Å². The molecule has 6 heteroatoms. The second-order valence-corrected chi connectivity index (χ2v) is 6.23. The summed E-state index contributed by atoms with van der Waals surface area (Å²) in [6.07, 6.45) is 2.06. The molecule has 1 aromatic carbocycles. The first-order chi connectivity index (χ1) is 11.7. The van der Waals surface area contributed by atoms with Gasteiger partial charge in [-0.3, -0.25) is 9.69 Å². The average molecular weight is 331 g/mol. The van der Waals surface area contributed by atoms with E-state index in [1.807, 2.05) is 35.2 Å². The van der Waals surface area contributed by atoms with E-state index in [9.17, 15) is 4.79 Å². The molecule has 6 nitrogen and oxygen atoms in total. The number of piperazine rings is 1. The van der Waals surface area contributed by atoms with Crippen molar-refractivity contribution >= 4 is 11.6 Å².